The molecule has 0 saturated carbocycles. The van der Waals surface area contributed by atoms with Crippen molar-refractivity contribution >= 4 is 35.0 Å². The van der Waals surface area contributed by atoms with Gasteiger partial charge in [-0.25, -0.2) is 4.39 Å². The number of carbonyl (C=O) groups is 2. The van der Waals surface area contributed by atoms with E-state index in [0.717, 1.165) is 10.5 Å². The average molecular weight is 332 g/mol. The van der Waals surface area contributed by atoms with Crippen LogP contribution in [0.3, 0.4) is 0 Å². The molecule has 0 spiro atoms. The molecule has 0 fully saturated rings. The third kappa shape index (κ3) is 4.32. The number of anilines is 2. The molecule has 23 heavy (non-hydrogen) atoms. The standard InChI is InChI=1S/C17H17FN2O2S/c1-10-4-6-13(23-3)9-14(10)17(22)20-16-8-12(19-11(2)21)5-7-15(16)18/h4-9H,1-3H3,(H,19,21)(H,20,22). The molecule has 0 aliphatic heterocycles. The Morgan fingerprint density at radius 2 is 1.83 bits per heavy atom. The summed E-state index contributed by atoms with van der Waals surface area (Å²) in [5.74, 6) is -1.22. The first-order chi connectivity index (χ1) is 10.9. The molecule has 2 N–H and O–H groups in total. The van der Waals surface area contributed by atoms with Gasteiger partial charge in [0.2, 0.25) is 5.91 Å². The lowest BCUT2D eigenvalue weighted by Gasteiger charge is -2.11. The number of aryl methyl sites for hydroxylation is 1. The maximum Gasteiger partial charge on any atom is 0.256 e. The van der Waals surface area contributed by atoms with E-state index in [1.54, 1.807) is 6.07 Å². The second kappa shape index (κ2) is 7.28. The van der Waals surface area contributed by atoms with Crippen LogP contribution in [0.1, 0.15) is 22.8 Å². The summed E-state index contributed by atoms with van der Waals surface area (Å²) >= 11 is 1.53. The van der Waals surface area contributed by atoms with Gasteiger partial charge in [0.25, 0.3) is 5.91 Å². The van der Waals surface area contributed by atoms with E-state index in [1.807, 2.05) is 25.3 Å². The number of thioether (sulfide) groups is 1. The monoisotopic (exact) mass is 332 g/mol. The minimum absolute atomic E-state index is 0.0233. The maximum atomic E-state index is 13.9. The van der Waals surface area contributed by atoms with Crippen LogP contribution in [0.5, 0.6) is 0 Å². The van der Waals surface area contributed by atoms with Gasteiger partial charge in [-0.1, -0.05) is 6.07 Å². The van der Waals surface area contributed by atoms with Crippen LogP contribution in [0, 0.1) is 12.7 Å². The molecule has 2 aromatic rings. The van der Waals surface area contributed by atoms with Crippen molar-refractivity contribution in [3.8, 4) is 0 Å². The van der Waals surface area contributed by atoms with Crippen LogP contribution >= 0.6 is 11.8 Å². The van der Waals surface area contributed by atoms with Gasteiger partial charge in [0.1, 0.15) is 5.82 Å². The number of rotatable bonds is 4. The van der Waals surface area contributed by atoms with Crippen LogP contribution < -0.4 is 10.6 Å². The van der Waals surface area contributed by atoms with Crippen molar-refractivity contribution in [3.63, 3.8) is 0 Å². The lowest BCUT2D eigenvalue weighted by molar-refractivity contribution is -0.114. The number of amides is 2. The molecule has 2 rings (SSSR count). The second-order valence-electron chi connectivity index (χ2n) is 5.01. The van der Waals surface area contributed by atoms with Crippen LogP contribution in [0.15, 0.2) is 41.3 Å². The smallest absolute Gasteiger partial charge is 0.256 e. The van der Waals surface area contributed by atoms with Gasteiger partial charge in [-0.15, -0.1) is 11.8 Å². The van der Waals surface area contributed by atoms with Crippen molar-refractivity contribution in [3.05, 3.63) is 53.3 Å². The van der Waals surface area contributed by atoms with E-state index >= 15 is 0 Å². The molecule has 0 atom stereocenters. The van der Waals surface area contributed by atoms with Crippen LogP contribution in [0.25, 0.3) is 0 Å². The molecule has 0 unspecified atom stereocenters. The Morgan fingerprint density at radius 3 is 2.48 bits per heavy atom. The van der Waals surface area contributed by atoms with Gasteiger partial charge >= 0.3 is 0 Å². The van der Waals surface area contributed by atoms with Gasteiger partial charge in [0, 0.05) is 23.1 Å². The SMILES string of the molecule is CSc1ccc(C)c(C(=O)Nc2cc(NC(C)=O)ccc2F)c1. The summed E-state index contributed by atoms with van der Waals surface area (Å²) in [5.41, 5.74) is 1.74. The van der Waals surface area contributed by atoms with E-state index in [1.165, 1.54) is 36.9 Å². The summed E-state index contributed by atoms with van der Waals surface area (Å²) in [6, 6.07) is 9.57. The minimum Gasteiger partial charge on any atom is -0.326 e. The molecule has 6 heteroatoms. The third-order valence-corrected chi connectivity index (χ3v) is 3.95. The third-order valence-electron chi connectivity index (χ3n) is 3.22. The summed E-state index contributed by atoms with van der Waals surface area (Å²) in [4.78, 5) is 24.4. The lowest BCUT2D eigenvalue weighted by Crippen LogP contribution is -2.15. The van der Waals surface area contributed by atoms with E-state index in [0.29, 0.717) is 11.3 Å². The van der Waals surface area contributed by atoms with Crippen molar-refractivity contribution in [2.75, 3.05) is 16.9 Å². The van der Waals surface area contributed by atoms with Crippen molar-refractivity contribution in [1.82, 2.24) is 0 Å². The van der Waals surface area contributed by atoms with Crippen molar-refractivity contribution in [2.45, 2.75) is 18.7 Å². The Hall–Kier alpha value is -2.34. The molecule has 0 saturated heterocycles. The molecule has 0 heterocycles. The Bertz CT molecular complexity index is 762. The average Bonchev–Trinajstić information content (AvgIpc) is 2.50. The van der Waals surface area contributed by atoms with E-state index in [-0.39, 0.29) is 11.6 Å². The van der Waals surface area contributed by atoms with Crippen molar-refractivity contribution < 1.29 is 14.0 Å². The van der Waals surface area contributed by atoms with Crippen molar-refractivity contribution in [1.29, 1.82) is 0 Å². The van der Waals surface area contributed by atoms with Crippen LogP contribution in [-0.2, 0) is 4.79 Å². The second-order valence-corrected chi connectivity index (χ2v) is 5.89. The Morgan fingerprint density at radius 1 is 1.09 bits per heavy atom. The van der Waals surface area contributed by atoms with Gasteiger partial charge in [0.05, 0.1) is 5.69 Å². The summed E-state index contributed by atoms with van der Waals surface area (Å²) in [6.07, 6.45) is 1.92. The number of hydrogen-bond donors (Lipinski definition) is 2. The molecular formula is C17H17FN2O2S. The molecule has 0 aliphatic rings. The molecule has 120 valence electrons. The topological polar surface area (TPSA) is 58.2 Å². The largest absolute Gasteiger partial charge is 0.326 e. The lowest BCUT2D eigenvalue weighted by atomic mass is 10.1. The zero-order chi connectivity index (χ0) is 17.0. The minimum atomic E-state index is -0.564. The van der Waals surface area contributed by atoms with E-state index < -0.39 is 11.7 Å². The number of carbonyl (C=O) groups excluding carboxylic acids is 2. The van der Waals surface area contributed by atoms with E-state index in [4.69, 9.17) is 0 Å². The molecular weight excluding hydrogens is 315 g/mol. The molecule has 0 radical (unpaired) electrons. The summed E-state index contributed by atoms with van der Waals surface area (Å²) in [5, 5.41) is 5.11. The first-order valence-corrected chi connectivity index (χ1v) is 8.16. The van der Waals surface area contributed by atoms with Crippen LogP contribution in [0.2, 0.25) is 0 Å². The van der Waals surface area contributed by atoms with Gasteiger partial charge < -0.3 is 10.6 Å². The quantitative estimate of drug-likeness (QED) is 0.830. The highest BCUT2D eigenvalue weighted by Gasteiger charge is 2.13. The highest BCUT2D eigenvalue weighted by Crippen LogP contribution is 2.23. The summed E-state index contributed by atoms with van der Waals surface area (Å²) in [7, 11) is 0. The zero-order valence-corrected chi connectivity index (χ0v) is 13.9. The highest BCUT2D eigenvalue weighted by atomic mass is 32.2. The first-order valence-electron chi connectivity index (χ1n) is 6.94. The van der Waals surface area contributed by atoms with Gasteiger partial charge in [0.15, 0.2) is 0 Å². The fourth-order valence-electron chi connectivity index (χ4n) is 2.06. The number of benzene rings is 2. The Balaban J connectivity index is 2.28. The molecule has 2 amide bonds. The van der Waals surface area contributed by atoms with Crippen molar-refractivity contribution in [2.24, 2.45) is 0 Å². The Labute approximate surface area is 138 Å². The number of nitrogens with one attached hydrogen (secondary N) is 2. The highest BCUT2D eigenvalue weighted by molar-refractivity contribution is 7.98. The normalized spacial score (nSPS) is 10.3. The summed E-state index contributed by atoms with van der Waals surface area (Å²) in [6.45, 7) is 3.18. The predicted molar refractivity (Wildman–Crippen MR) is 91.6 cm³/mol. The first kappa shape index (κ1) is 17.0. The maximum absolute atomic E-state index is 13.9. The van der Waals surface area contributed by atoms with E-state index in [2.05, 4.69) is 10.6 Å². The number of halogens is 1. The number of hydrogen-bond acceptors (Lipinski definition) is 3. The van der Waals surface area contributed by atoms with Crippen LogP contribution in [-0.4, -0.2) is 18.1 Å². The molecule has 0 aliphatic carbocycles. The van der Waals surface area contributed by atoms with Gasteiger partial charge in [-0.2, -0.15) is 0 Å². The van der Waals surface area contributed by atoms with Gasteiger partial charge in [-0.05, 0) is 49.1 Å². The predicted octanol–water partition coefficient (Wildman–Crippen LogP) is 4.07. The van der Waals surface area contributed by atoms with E-state index in [9.17, 15) is 14.0 Å². The molecule has 4 nitrogen and oxygen atoms in total. The molecule has 0 aromatic heterocycles. The van der Waals surface area contributed by atoms with Gasteiger partial charge in [-0.3, -0.25) is 9.59 Å². The zero-order valence-electron chi connectivity index (χ0n) is 13.1. The Kier molecular flexibility index (Phi) is 5.39. The molecule has 2 aromatic carbocycles. The van der Waals surface area contributed by atoms with Crippen LogP contribution in [0.4, 0.5) is 15.8 Å². The molecule has 0 bridgehead atoms. The fraction of sp³-hybridized carbons (Fsp3) is 0.176. The summed E-state index contributed by atoms with van der Waals surface area (Å²) < 4.78 is 13.9. The fourth-order valence-corrected chi connectivity index (χ4v) is 2.50.